The van der Waals surface area contributed by atoms with Gasteiger partial charge in [0.2, 0.25) is 15.9 Å². The summed E-state index contributed by atoms with van der Waals surface area (Å²) in [6.45, 7) is 2.17. The molecule has 8 nitrogen and oxygen atoms in total. The van der Waals surface area contributed by atoms with E-state index in [-0.39, 0.29) is 56.3 Å². The Kier molecular flexibility index (Phi) is 7.27. The maximum atomic E-state index is 13.9. The lowest BCUT2D eigenvalue weighted by atomic mass is 9.85. The zero-order valence-electron chi connectivity index (χ0n) is 21.0. The molecule has 1 unspecified atom stereocenters. The maximum absolute atomic E-state index is 13.9. The topological polar surface area (TPSA) is 99.2 Å². The highest BCUT2D eigenvalue weighted by Crippen LogP contribution is 2.40. The van der Waals surface area contributed by atoms with Crippen LogP contribution in [0.15, 0.2) is 23.2 Å². The summed E-state index contributed by atoms with van der Waals surface area (Å²) >= 11 is 0. The third-order valence-corrected chi connectivity index (χ3v) is 9.47. The fourth-order valence-corrected chi connectivity index (χ4v) is 6.82. The number of aliphatic imine (C=N–C) groups is 1. The normalized spacial score (nSPS) is 23.9. The average molecular weight is 525 g/mol. The first-order chi connectivity index (χ1) is 16.8. The van der Waals surface area contributed by atoms with Gasteiger partial charge in [0.25, 0.3) is 11.8 Å². The zero-order valence-corrected chi connectivity index (χ0v) is 21.8. The molecule has 198 valence electrons. The Morgan fingerprint density at radius 2 is 1.92 bits per heavy atom. The van der Waals surface area contributed by atoms with Gasteiger partial charge in [-0.2, -0.15) is 0 Å². The van der Waals surface area contributed by atoms with E-state index in [9.17, 15) is 26.8 Å². The highest BCUT2D eigenvalue weighted by Gasteiger charge is 2.49. The first kappa shape index (κ1) is 26.7. The molecule has 2 aliphatic heterocycles. The number of hydrogen-bond acceptors (Lipinski definition) is 5. The number of nitrogens with one attached hydrogen (secondary N) is 1. The summed E-state index contributed by atoms with van der Waals surface area (Å²) in [5.74, 6) is -3.39. The van der Waals surface area contributed by atoms with Crippen LogP contribution < -0.4 is 5.32 Å². The van der Waals surface area contributed by atoms with Gasteiger partial charge in [0.05, 0.1) is 5.75 Å². The Morgan fingerprint density at radius 1 is 1.22 bits per heavy atom. The van der Waals surface area contributed by atoms with Crippen molar-refractivity contribution in [2.75, 3.05) is 32.9 Å². The molecule has 11 heteroatoms. The molecule has 1 aliphatic carbocycles. The van der Waals surface area contributed by atoms with Crippen LogP contribution in [-0.2, 0) is 21.2 Å². The van der Waals surface area contributed by atoms with Gasteiger partial charge in [-0.05, 0) is 62.3 Å². The number of sulfonamides is 1. The number of hydrogen-bond donors (Lipinski definition) is 1. The second-order valence-electron chi connectivity index (χ2n) is 10.4. The summed E-state index contributed by atoms with van der Waals surface area (Å²) in [4.78, 5) is 31.0. The second-order valence-corrected chi connectivity index (χ2v) is 12.5. The van der Waals surface area contributed by atoms with Gasteiger partial charge in [-0.1, -0.05) is 6.07 Å². The lowest BCUT2D eigenvalue weighted by Crippen LogP contribution is -2.51. The van der Waals surface area contributed by atoms with E-state index in [1.54, 1.807) is 32.3 Å². The average Bonchev–Trinajstić information content (AvgIpc) is 3.12. The molecule has 0 bridgehead atoms. The number of alkyl halides is 2. The molecule has 1 N–H and O–H groups in total. The van der Waals surface area contributed by atoms with E-state index >= 15 is 0 Å². The number of carbonyl (C=O) groups is 2. The number of amidine groups is 1. The van der Waals surface area contributed by atoms with Crippen LogP contribution in [0.3, 0.4) is 0 Å². The first-order valence-corrected chi connectivity index (χ1v) is 14.0. The molecule has 0 radical (unpaired) electrons. The number of nitrogens with zero attached hydrogens (tertiary/aromatic N) is 3. The summed E-state index contributed by atoms with van der Waals surface area (Å²) < 4.78 is 55.2. The third-order valence-electron chi connectivity index (χ3n) is 7.59. The van der Waals surface area contributed by atoms with Crippen molar-refractivity contribution in [1.29, 1.82) is 0 Å². The summed E-state index contributed by atoms with van der Waals surface area (Å²) in [5.41, 5.74) is 1.20. The number of benzene rings is 1. The predicted octanol–water partition coefficient (Wildman–Crippen LogP) is 2.76. The second kappa shape index (κ2) is 9.81. The number of aryl methyl sites for hydroxylation is 2. The number of rotatable bonds is 6. The fourth-order valence-electron chi connectivity index (χ4n) is 5.35. The van der Waals surface area contributed by atoms with Crippen LogP contribution in [0.1, 0.15) is 60.0 Å². The van der Waals surface area contributed by atoms with Crippen molar-refractivity contribution in [1.82, 2.24) is 14.5 Å². The fraction of sp³-hybridized carbons (Fsp3) is 0.640. The number of amides is 2. The van der Waals surface area contributed by atoms with E-state index in [1.807, 2.05) is 6.92 Å². The Bertz CT molecular complexity index is 1170. The smallest absolute Gasteiger partial charge is 0.253 e. The molecule has 1 aromatic carbocycles. The minimum absolute atomic E-state index is 0.0836. The van der Waals surface area contributed by atoms with Crippen LogP contribution in [0.2, 0.25) is 0 Å². The van der Waals surface area contributed by atoms with Crippen molar-refractivity contribution in [2.45, 2.75) is 63.3 Å². The van der Waals surface area contributed by atoms with Gasteiger partial charge in [-0.15, -0.1) is 0 Å². The van der Waals surface area contributed by atoms with Crippen molar-refractivity contribution >= 4 is 27.7 Å². The van der Waals surface area contributed by atoms with Crippen LogP contribution in [0.5, 0.6) is 0 Å². The van der Waals surface area contributed by atoms with Crippen LogP contribution >= 0.6 is 0 Å². The molecule has 1 saturated heterocycles. The van der Waals surface area contributed by atoms with Crippen LogP contribution in [-0.4, -0.2) is 79.7 Å². The molecule has 1 spiro atoms. The van der Waals surface area contributed by atoms with E-state index in [2.05, 4.69) is 10.3 Å². The van der Waals surface area contributed by atoms with Gasteiger partial charge in [0.15, 0.2) is 0 Å². The lowest BCUT2D eigenvalue weighted by molar-refractivity contribution is -0.125. The monoisotopic (exact) mass is 524 g/mol. The van der Waals surface area contributed by atoms with Gasteiger partial charge in [-0.25, -0.2) is 21.5 Å². The van der Waals surface area contributed by atoms with E-state index in [4.69, 9.17) is 0 Å². The van der Waals surface area contributed by atoms with Gasteiger partial charge in [0.1, 0.15) is 11.4 Å². The molecule has 36 heavy (non-hydrogen) atoms. The first-order valence-electron chi connectivity index (χ1n) is 12.4. The van der Waals surface area contributed by atoms with Crippen molar-refractivity contribution in [3.05, 3.63) is 34.9 Å². The van der Waals surface area contributed by atoms with E-state index in [0.29, 0.717) is 30.7 Å². The highest BCUT2D eigenvalue weighted by atomic mass is 32.2. The minimum Gasteiger partial charge on any atom is -0.345 e. The molecule has 0 aromatic heterocycles. The molecular weight excluding hydrogens is 490 g/mol. The molecule has 4 rings (SSSR count). The Morgan fingerprint density at radius 3 is 2.53 bits per heavy atom. The summed E-state index contributed by atoms with van der Waals surface area (Å²) in [6.07, 6.45) is 1.27. The van der Waals surface area contributed by atoms with Crippen LogP contribution in [0.4, 0.5) is 8.78 Å². The Hall–Kier alpha value is -2.40. The SMILES string of the molecule is Cc1cc(C(=O)N(C)C)ccc1CCS(=O)(=O)N1CCC2(CC1)N=C(C1CCCC(F)(F)C1)NC2=O. The quantitative estimate of drug-likeness (QED) is 0.619. The molecule has 1 saturated carbocycles. The molecule has 2 heterocycles. The van der Waals surface area contributed by atoms with Crippen LogP contribution in [0.25, 0.3) is 0 Å². The molecule has 2 fully saturated rings. The molecule has 1 aromatic rings. The Labute approximate surface area is 211 Å². The number of carbonyl (C=O) groups excluding carboxylic acids is 2. The molecule has 2 amide bonds. The van der Waals surface area contributed by atoms with Gasteiger partial charge in [0, 0.05) is 51.5 Å². The zero-order chi connectivity index (χ0) is 26.3. The van der Waals surface area contributed by atoms with Gasteiger partial charge < -0.3 is 10.2 Å². The molecule has 1 atom stereocenters. The van der Waals surface area contributed by atoms with E-state index < -0.39 is 27.4 Å². The lowest BCUT2D eigenvalue weighted by Gasteiger charge is -2.34. The molecule has 3 aliphatic rings. The number of halogens is 2. The molecular formula is C25H34F2N4O4S. The van der Waals surface area contributed by atoms with Crippen LogP contribution in [0, 0.1) is 12.8 Å². The summed E-state index contributed by atoms with van der Waals surface area (Å²) in [6, 6.07) is 5.27. The maximum Gasteiger partial charge on any atom is 0.253 e. The van der Waals surface area contributed by atoms with Crippen molar-refractivity contribution in [3.63, 3.8) is 0 Å². The van der Waals surface area contributed by atoms with Gasteiger partial charge in [-0.3, -0.25) is 14.6 Å². The third kappa shape index (κ3) is 5.46. The van der Waals surface area contributed by atoms with Gasteiger partial charge >= 0.3 is 0 Å². The van der Waals surface area contributed by atoms with E-state index in [1.165, 1.54) is 9.21 Å². The standard InChI is InChI=1S/C25H34F2N4O4S/c1-17-15-19(22(32)30(2)3)7-6-18(17)8-14-36(34,35)31-12-10-24(11-13-31)23(33)28-21(29-24)20-5-4-9-25(26,27)16-20/h6-7,15,20H,4-5,8-14,16H2,1-3H3,(H,28,29,33). The van der Waals surface area contributed by atoms with Crippen molar-refractivity contribution < 1.29 is 26.8 Å². The largest absolute Gasteiger partial charge is 0.345 e. The van der Waals surface area contributed by atoms with E-state index in [0.717, 1.165) is 11.1 Å². The van der Waals surface area contributed by atoms with Crippen molar-refractivity contribution in [2.24, 2.45) is 10.9 Å². The van der Waals surface area contributed by atoms with Crippen molar-refractivity contribution in [3.8, 4) is 0 Å². The predicted molar refractivity (Wildman–Crippen MR) is 133 cm³/mol. The summed E-state index contributed by atoms with van der Waals surface area (Å²) in [5, 5.41) is 2.73. The number of piperidine rings is 1. The minimum atomic E-state index is -3.57. The summed E-state index contributed by atoms with van der Waals surface area (Å²) in [7, 11) is -0.218. The Balaban J connectivity index is 1.37. The highest BCUT2D eigenvalue weighted by molar-refractivity contribution is 7.89.